The topological polar surface area (TPSA) is 232 Å². The standard InChI is InChI=1S/C29H35N9O8/c1-16(2)35-27(39)38(23-9-4-17(12-31-23)18-13-32-25(44-3)33-14-18)19-5-7-20(8-6-19)45-26-34-15-21-24(36-26)22(30)10-11-37(28(40)41)46-29(21,42)43/h4,9-16,19-20,28,30,40-43H,5-8H2,1-3H3,(H,35,39)/b11-10-,30-22?. The Morgan fingerprint density at radius 2 is 1.72 bits per heavy atom. The van der Waals surface area contributed by atoms with E-state index in [1.165, 1.54) is 7.11 Å². The fraction of sp³-hybridized carbons (Fsp3) is 0.414. The number of allylic oxidation sites excluding steroid dienone is 1. The third kappa shape index (κ3) is 7.35. The molecule has 1 aliphatic heterocycles. The summed E-state index contributed by atoms with van der Waals surface area (Å²) in [4.78, 5) is 41.0. The molecule has 244 valence electrons. The van der Waals surface area contributed by atoms with Crippen molar-refractivity contribution in [2.45, 2.75) is 70.1 Å². The van der Waals surface area contributed by atoms with Gasteiger partial charge in [-0.3, -0.25) is 10.3 Å². The molecule has 17 nitrogen and oxygen atoms in total. The third-order valence-corrected chi connectivity index (χ3v) is 7.27. The van der Waals surface area contributed by atoms with Crippen molar-refractivity contribution in [2.75, 3.05) is 12.0 Å². The van der Waals surface area contributed by atoms with Crippen molar-refractivity contribution in [3.8, 4) is 23.1 Å². The summed E-state index contributed by atoms with van der Waals surface area (Å²) in [5.41, 5.74) is 0.673. The maximum Gasteiger partial charge on any atom is 0.332 e. The zero-order valence-corrected chi connectivity index (χ0v) is 25.3. The summed E-state index contributed by atoms with van der Waals surface area (Å²) in [6.07, 6.45) is 7.76. The summed E-state index contributed by atoms with van der Waals surface area (Å²) in [6.45, 7) is 3.77. The van der Waals surface area contributed by atoms with Crippen molar-refractivity contribution >= 4 is 17.6 Å². The van der Waals surface area contributed by atoms with Crippen LogP contribution in [0.1, 0.15) is 50.8 Å². The number of aliphatic hydroxyl groups excluding tert-OH is 1. The van der Waals surface area contributed by atoms with Crippen LogP contribution in [0.5, 0.6) is 12.0 Å². The molecule has 17 heteroatoms. The van der Waals surface area contributed by atoms with Crippen molar-refractivity contribution < 1.29 is 39.5 Å². The zero-order chi connectivity index (χ0) is 33.0. The van der Waals surface area contributed by atoms with Gasteiger partial charge in [-0.1, -0.05) is 0 Å². The van der Waals surface area contributed by atoms with Gasteiger partial charge in [-0.25, -0.2) is 34.6 Å². The van der Waals surface area contributed by atoms with E-state index in [1.54, 1.807) is 29.6 Å². The van der Waals surface area contributed by atoms with Gasteiger partial charge in [0.25, 0.3) is 6.41 Å². The average molecular weight is 638 g/mol. The van der Waals surface area contributed by atoms with Gasteiger partial charge in [-0.05, 0) is 57.7 Å². The average Bonchev–Trinajstić information content (AvgIpc) is 3.03. The van der Waals surface area contributed by atoms with Gasteiger partial charge in [0.1, 0.15) is 17.6 Å². The molecule has 4 heterocycles. The molecule has 5 rings (SSSR count). The lowest BCUT2D eigenvalue weighted by Gasteiger charge is -2.36. The smallest absolute Gasteiger partial charge is 0.332 e. The SMILES string of the molecule is COc1ncc(-c2ccc(N(C(=O)NC(C)C)C3CCC(Oc4ncc5c(n4)C(=N)/C=C\N(C(O)O)OC5(O)O)CC3)nc2)cn1. The van der Waals surface area contributed by atoms with E-state index in [0.29, 0.717) is 36.6 Å². The Hall–Kier alpha value is -4.81. The van der Waals surface area contributed by atoms with Crippen LogP contribution in [0.4, 0.5) is 10.6 Å². The van der Waals surface area contributed by atoms with Crippen molar-refractivity contribution in [3.05, 3.63) is 60.5 Å². The first-order valence-electron chi connectivity index (χ1n) is 14.5. The van der Waals surface area contributed by atoms with Crippen LogP contribution in [-0.4, -0.2) is 93.9 Å². The summed E-state index contributed by atoms with van der Waals surface area (Å²) in [5, 5.41) is 51.2. The van der Waals surface area contributed by atoms with Crippen LogP contribution in [-0.2, 0) is 10.8 Å². The molecule has 1 aliphatic carbocycles. The Morgan fingerprint density at radius 3 is 2.33 bits per heavy atom. The van der Waals surface area contributed by atoms with Crippen LogP contribution in [0.2, 0.25) is 0 Å². The molecular formula is C29H35N9O8. The Bertz CT molecular complexity index is 1560. The number of amides is 2. The highest BCUT2D eigenvalue weighted by atomic mass is 16.9. The molecule has 2 amide bonds. The van der Waals surface area contributed by atoms with E-state index < -0.39 is 18.0 Å². The minimum absolute atomic E-state index is 0.0904. The highest BCUT2D eigenvalue weighted by Gasteiger charge is 2.38. The first-order chi connectivity index (χ1) is 21.9. The molecule has 6 N–H and O–H groups in total. The van der Waals surface area contributed by atoms with Gasteiger partial charge in [-0.2, -0.15) is 4.98 Å². The lowest BCUT2D eigenvalue weighted by molar-refractivity contribution is -0.456. The fourth-order valence-electron chi connectivity index (χ4n) is 5.06. The maximum absolute atomic E-state index is 13.4. The predicted molar refractivity (Wildman–Crippen MR) is 160 cm³/mol. The van der Waals surface area contributed by atoms with Gasteiger partial charge in [-0.15, -0.1) is 0 Å². The van der Waals surface area contributed by atoms with E-state index in [-0.39, 0.29) is 47.6 Å². The van der Waals surface area contributed by atoms with Crippen LogP contribution < -0.4 is 19.7 Å². The number of anilines is 1. The number of nitrogens with zero attached hydrogens (tertiary/aromatic N) is 7. The normalized spacial score (nSPS) is 20.0. The van der Waals surface area contributed by atoms with E-state index in [2.05, 4.69) is 30.2 Å². The Balaban J connectivity index is 1.29. The number of aromatic nitrogens is 5. The molecule has 3 aromatic rings. The van der Waals surface area contributed by atoms with Crippen LogP contribution >= 0.6 is 0 Å². The first-order valence-corrected chi connectivity index (χ1v) is 14.5. The van der Waals surface area contributed by atoms with Crippen LogP contribution in [0.15, 0.2) is 49.2 Å². The van der Waals surface area contributed by atoms with E-state index >= 15 is 0 Å². The summed E-state index contributed by atoms with van der Waals surface area (Å²) < 4.78 is 11.0. The highest BCUT2D eigenvalue weighted by molar-refractivity contribution is 6.06. The molecule has 3 aromatic heterocycles. The molecule has 0 radical (unpaired) electrons. The molecule has 0 spiro atoms. The molecule has 1 fully saturated rings. The molecule has 0 saturated heterocycles. The number of aliphatic hydroxyl groups is 4. The minimum atomic E-state index is -3.07. The molecule has 0 bridgehead atoms. The highest BCUT2D eigenvalue weighted by Crippen LogP contribution is 2.31. The monoisotopic (exact) mass is 637 g/mol. The van der Waals surface area contributed by atoms with Gasteiger partial charge in [0.05, 0.1) is 18.4 Å². The van der Waals surface area contributed by atoms with Crippen molar-refractivity contribution in [1.29, 1.82) is 5.41 Å². The van der Waals surface area contributed by atoms with E-state index in [1.807, 2.05) is 19.9 Å². The number of hydrogen-bond donors (Lipinski definition) is 6. The number of hydrogen-bond acceptors (Lipinski definition) is 15. The van der Waals surface area contributed by atoms with Gasteiger partial charge in [0, 0.05) is 54.2 Å². The second kappa shape index (κ2) is 13.7. The molecule has 2 aliphatic rings. The van der Waals surface area contributed by atoms with Crippen LogP contribution in [0.25, 0.3) is 11.1 Å². The van der Waals surface area contributed by atoms with Gasteiger partial charge in [0.15, 0.2) is 0 Å². The summed E-state index contributed by atoms with van der Waals surface area (Å²) in [7, 11) is 1.49. The van der Waals surface area contributed by atoms with Crippen molar-refractivity contribution in [3.63, 3.8) is 0 Å². The van der Waals surface area contributed by atoms with E-state index in [4.69, 9.17) is 19.7 Å². The molecule has 46 heavy (non-hydrogen) atoms. The lowest BCUT2D eigenvalue weighted by atomic mass is 9.92. The molecular weight excluding hydrogens is 602 g/mol. The van der Waals surface area contributed by atoms with Crippen molar-refractivity contribution in [1.82, 2.24) is 35.3 Å². The Labute approximate surface area is 263 Å². The van der Waals surface area contributed by atoms with Crippen LogP contribution in [0, 0.1) is 5.41 Å². The molecule has 1 saturated carbocycles. The number of pyridine rings is 1. The number of fused-ring (bicyclic) bond motifs is 1. The van der Waals surface area contributed by atoms with Gasteiger partial charge < -0.3 is 35.2 Å². The van der Waals surface area contributed by atoms with Gasteiger partial charge >= 0.3 is 24.0 Å². The number of nitrogens with one attached hydrogen (secondary N) is 2. The number of rotatable bonds is 8. The van der Waals surface area contributed by atoms with Crippen molar-refractivity contribution in [2.24, 2.45) is 0 Å². The number of carbonyl (C=O) groups excluding carboxylic acids is 1. The largest absolute Gasteiger partial charge is 0.467 e. The second-order valence-corrected chi connectivity index (χ2v) is 10.9. The minimum Gasteiger partial charge on any atom is -0.467 e. The zero-order valence-electron chi connectivity index (χ0n) is 25.3. The third-order valence-electron chi connectivity index (χ3n) is 7.27. The Kier molecular flexibility index (Phi) is 9.68. The maximum atomic E-state index is 13.4. The molecule has 0 aromatic carbocycles. The second-order valence-electron chi connectivity index (χ2n) is 10.9. The number of methoxy groups -OCH3 is 1. The molecule has 0 atom stereocenters. The first kappa shape index (κ1) is 32.6. The summed E-state index contributed by atoms with van der Waals surface area (Å²) >= 11 is 0. The van der Waals surface area contributed by atoms with E-state index in [9.17, 15) is 25.2 Å². The number of hydroxylamine groups is 2. The Morgan fingerprint density at radius 1 is 1.04 bits per heavy atom. The van der Waals surface area contributed by atoms with E-state index in [0.717, 1.165) is 29.6 Å². The number of carbonyl (C=O) groups is 1. The van der Waals surface area contributed by atoms with Crippen LogP contribution in [0.3, 0.4) is 0 Å². The molecule has 0 unspecified atom stereocenters. The van der Waals surface area contributed by atoms with Gasteiger partial charge in [0.2, 0.25) is 0 Å². The predicted octanol–water partition coefficient (Wildman–Crippen LogP) is 1.14. The fourth-order valence-corrected chi connectivity index (χ4v) is 5.06. The lowest BCUT2D eigenvalue weighted by Crippen LogP contribution is -2.50. The summed E-state index contributed by atoms with van der Waals surface area (Å²) in [6, 6.07) is 3.26. The number of ether oxygens (including phenoxy) is 2. The summed E-state index contributed by atoms with van der Waals surface area (Å²) in [5.74, 6) is -2.58. The number of urea groups is 1. The quantitative estimate of drug-likeness (QED) is 0.190.